The Bertz CT molecular complexity index is 468. The summed E-state index contributed by atoms with van der Waals surface area (Å²) in [7, 11) is 0. The molecule has 1 aromatic carbocycles. The standard InChI is InChI=1S/C9H6ClN3.C2H6/c10-9-6-3-1-2-4-7(6)12-8(5-11)13-9;1-2/h1-5,11H;1-2H3. The van der Waals surface area contributed by atoms with E-state index in [1.54, 1.807) is 0 Å². The highest BCUT2D eigenvalue weighted by Gasteiger charge is 2.02. The topological polar surface area (TPSA) is 49.6 Å². The predicted octanol–water partition coefficient (Wildman–Crippen LogP) is 3.31. The van der Waals surface area contributed by atoms with Crippen molar-refractivity contribution in [1.82, 2.24) is 9.97 Å². The quantitative estimate of drug-likeness (QED) is 0.593. The van der Waals surface area contributed by atoms with Gasteiger partial charge < -0.3 is 5.41 Å². The van der Waals surface area contributed by atoms with Gasteiger partial charge in [-0.3, -0.25) is 0 Å². The molecule has 0 fully saturated rings. The molecule has 0 atom stereocenters. The van der Waals surface area contributed by atoms with E-state index in [0.29, 0.717) is 11.0 Å². The highest BCUT2D eigenvalue weighted by molar-refractivity contribution is 6.34. The van der Waals surface area contributed by atoms with Gasteiger partial charge in [0, 0.05) is 5.39 Å². The van der Waals surface area contributed by atoms with Gasteiger partial charge >= 0.3 is 0 Å². The first-order valence-corrected chi connectivity index (χ1v) is 5.12. The largest absolute Gasteiger partial charge is 0.305 e. The monoisotopic (exact) mass is 221 g/mol. The van der Waals surface area contributed by atoms with Crippen LogP contribution in [0.25, 0.3) is 10.9 Å². The summed E-state index contributed by atoms with van der Waals surface area (Å²) in [6.07, 6.45) is 1.08. The lowest BCUT2D eigenvalue weighted by atomic mass is 10.2. The zero-order valence-corrected chi connectivity index (χ0v) is 9.42. The molecule has 0 saturated heterocycles. The van der Waals surface area contributed by atoms with Crippen molar-refractivity contribution < 1.29 is 0 Å². The third-order valence-corrected chi connectivity index (χ3v) is 1.99. The fourth-order valence-electron chi connectivity index (χ4n) is 1.12. The van der Waals surface area contributed by atoms with E-state index in [1.165, 1.54) is 0 Å². The van der Waals surface area contributed by atoms with E-state index >= 15 is 0 Å². The second-order valence-corrected chi connectivity index (χ2v) is 2.89. The zero-order chi connectivity index (χ0) is 11.3. The number of hydrogen-bond acceptors (Lipinski definition) is 3. The number of halogens is 1. The average Bonchev–Trinajstić information content (AvgIpc) is 2.31. The molecule has 0 amide bonds. The van der Waals surface area contributed by atoms with Crippen molar-refractivity contribution in [1.29, 1.82) is 5.41 Å². The summed E-state index contributed by atoms with van der Waals surface area (Å²) >= 11 is 5.89. The minimum absolute atomic E-state index is 0.337. The number of benzene rings is 1. The van der Waals surface area contributed by atoms with Gasteiger partial charge in [0.15, 0.2) is 5.82 Å². The molecule has 1 N–H and O–H groups in total. The van der Waals surface area contributed by atoms with E-state index in [9.17, 15) is 0 Å². The molecule has 0 unspecified atom stereocenters. The first-order chi connectivity index (χ1) is 7.31. The van der Waals surface area contributed by atoms with Crippen molar-refractivity contribution in [3.05, 3.63) is 35.2 Å². The first kappa shape index (κ1) is 11.6. The number of aromatic nitrogens is 2. The smallest absolute Gasteiger partial charge is 0.171 e. The van der Waals surface area contributed by atoms with E-state index in [4.69, 9.17) is 17.0 Å². The van der Waals surface area contributed by atoms with E-state index in [0.717, 1.165) is 17.1 Å². The second-order valence-electron chi connectivity index (χ2n) is 2.53. The Balaban J connectivity index is 0.000000531. The third-order valence-electron chi connectivity index (χ3n) is 1.70. The molecule has 15 heavy (non-hydrogen) atoms. The Hall–Kier alpha value is -1.48. The van der Waals surface area contributed by atoms with E-state index in [1.807, 2.05) is 38.1 Å². The number of fused-ring (bicyclic) bond motifs is 1. The van der Waals surface area contributed by atoms with Crippen molar-refractivity contribution in [3.8, 4) is 0 Å². The van der Waals surface area contributed by atoms with Crippen LogP contribution in [0, 0.1) is 5.41 Å². The summed E-state index contributed by atoms with van der Waals surface area (Å²) in [5, 5.41) is 8.21. The van der Waals surface area contributed by atoms with Gasteiger partial charge in [0.1, 0.15) is 5.15 Å². The summed E-state index contributed by atoms with van der Waals surface area (Å²) in [5.41, 5.74) is 0.765. The maximum absolute atomic E-state index is 7.01. The summed E-state index contributed by atoms with van der Waals surface area (Å²) in [4.78, 5) is 8.05. The molecular weight excluding hydrogens is 210 g/mol. The van der Waals surface area contributed by atoms with Gasteiger partial charge in [-0.15, -0.1) is 0 Å². The zero-order valence-electron chi connectivity index (χ0n) is 8.66. The minimum atomic E-state index is 0.337. The molecule has 0 bridgehead atoms. The lowest BCUT2D eigenvalue weighted by Crippen LogP contribution is -1.93. The lowest BCUT2D eigenvalue weighted by molar-refractivity contribution is 1.19. The average molecular weight is 222 g/mol. The van der Waals surface area contributed by atoms with Crippen LogP contribution in [0.15, 0.2) is 24.3 Å². The van der Waals surface area contributed by atoms with Crippen molar-refractivity contribution in [2.45, 2.75) is 13.8 Å². The van der Waals surface area contributed by atoms with Crippen LogP contribution in [0.1, 0.15) is 19.7 Å². The van der Waals surface area contributed by atoms with E-state index in [2.05, 4.69) is 9.97 Å². The molecule has 4 heteroatoms. The van der Waals surface area contributed by atoms with Crippen LogP contribution >= 0.6 is 11.6 Å². The predicted molar refractivity (Wildman–Crippen MR) is 63.8 cm³/mol. The highest BCUT2D eigenvalue weighted by Crippen LogP contribution is 2.18. The maximum Gasteiger partial charge on any atom is 0.171 e. The van der Waals surface area contributed by atoms with Gasteiger partial charge in [-0.25, -0.2) is 9.97 Å². The van der Waals surface area contributed by atoms with Crippen molar-refractivity contribution in [3.63, 3.8) is 0 Å². The van der Waals surface area contributed by atoms with Gasteiger partial charge in [-0.05, 0) is 12.1 Å². The van der Waals surface area contributed by atoms with Crippen molar-refractivity contribution >= 4 is 28.7 Å². The van der Waals surface area contributed by atoms with Crippen LogP contribution < -0.4 is 0 Å². The summed E-state index contributed by atoms with van der Waals surface area (Å²) in [5.74, 6) is 0.337. The van der Waals surface area contributed by atoms with Crippen molar-refractivity contribution in [2.75, 3.05) is 0 Å². The van der Waals surface area contributed by atoms with Crippen LogP contribution in [0.4, 0.5) is 0 Å². The molecule has 0 radical (unpaired) electrons. The summed E-state index contributed by atoms with van der Waals surface area (Å²) in [6, 6.07) is 7.45. The van der Waals surface area contributed by atoms with Gasteiger partial charge in [0.25, 0.3) is 0 Å². The molecule has 2 rings (SSSR count). The Morgan fingerprint density at radius 2 is 1.87 bits per heavy atom. The molecular formula is C11H12ClN3. The molecule has 78 valence electrons. The summed E-state index contributed by atoms with van der Waals surface area (Å²) < 4.78 is 0. The van der Waals surface area contributed by atoms with E-state index in [-0.39, 0.29) is 0 Å². The number of nitrogens with one attached hydrogen (secondary N) is 1. The maximum atomic E-state index is 7.01. The number of nitrogens with zero attached hydrogens (tertiary/aromatic N) is 2. The van der Waals surface area contributed by atoms with Gasteiger partial charge in [-0.2, -0.15) is 0 Å². The normalized spacial score (nSPS) is 9.27. The van der Waals surface area contributed by atoms with Crippen LogP contribution in [0.2, 0.25) is 5.15 Å². The Labute approximate surface area is 93.6 Å². The lowest BCUT2D eigenvalue weighted by Gasteiger charge is -1.99. The van der Waals surface area contributed by atoms with Gasteiger partial charge in [0.05, 0.1) is 11.7 Å². The molecule has 2 aromatic rings. The number of para-hydroxylation sites is 1. The molecule has 3 nitrogen and oxygen atoms in total. The molecule has 0 aliphatic rings. The third kappa shape index (κ3) is 2.50. The van der Waals surface area contributed by atoms with Crippen LogP contribution in [-0.2, 0) is 0 Å². The number of hydrogen-bond donors (Lipinski definition) is 1. The fourth-order valence-corrected chi connectivity index (χ4v) is 1.37. The molecule has 1 heterocycles. The highest BCUT2D eigenvalue weighted by atomic mass is 35.5. The van der Waals surface area contributed by atoms with E-state index < -0.39 is 0 Å². The SMILES string of the molecule is CC.N=Cc1nc(Cl)c2ccccc2n1. The van der Waals surface area contributed by atoms with Crippen molar-refractivity contribution in [2.24, 2.45) is 0 Å². The van der Waals surface area contributed by atoms with Crippen LogP contribution in [-0.4, -0.2) is 16.2 Å². The summed E-state index contributed by atoms with van der Waals surface area (Å²) in [6.45, 7) is 4.00. The van der Waals surface area contributed by atoms with Crippen LogP contribution in [0.5, 0.6) is 0 Å². The minimum Gasteiger partial charge on any atom is -0.305 e. The van der Waals surface area contributed by atoms with Crippen LogP contribution in [0.3, 0.4) is 0 Å². The molecule has 1 aromatic heterocycles. The molecule has 0 aliphatic heterocycles. The fraction of sp³-hybridized carbons (Fsp3) is 0.182. The molecule has 0 spiro atoms. The Morgan fingerprint density at radius 3 is 2.53 bits per heavy atom. The molecule has 0 saturated carbocycles. The van der Waals surface area contributed by atoms with Gasteiger partial charge in [-0.1, -0.05) is 37.6 Å². The second kappa shape index (κ2) is 5.41. The molecule has 0 aliphatic carbocycles. The number of rotatable bonds is 1. The van der Waals surface area contributed by atoms with Gasteiger partial charge in [0.2, 0.25) is 0 Å². The Morgan fingerprint density at radius 1 is 1.20 bits per heavy atom. The Kier molecular flexibility index (Phi) is 4.18. The first-order valence-electron chi connectivity index (χ1n) is 4.74.